The molecule has 1 atom stereocenters. The number of rotatable bonds is 4. The van der Waals surface area contributed by atoms with Crippen LogP contribution in [0.3, 0.4) is 0 Å². The van der Waals surface area contributed by atoms with Gasteiger partial charge in [-0.2, -0.15) is 0 Å². The first-order valence-electron chi connectivity index (χ1n) is 7.47. The molecule has 0 saturated heterocycles. The molecule has 0 spiro atoms. The summed E-state index contributed by atoms with van der Waals surface area (Å²) >= 11 is 0. The number of benzene rings is 1. The highest BCUT2D eigenvalue weighted by Gasteiger charge is 2.19. The van der Waals surface area contributed by atoms with Crippen molar-refractivity contribution >= 4 is 0 Å². The molecule has 0 saturated carbocycles. The summed E-state index contributed by atoms with van der Waals surface area (Å²) in [6, 6.07) is 6.89. The van der Waals surface area contributed by atoms with Crippen LogP contribution in [0.5, 0.6) is 5.75 Å². The standard InChI is InChI=1S/C16H22N4O/c1-11-18-19-16(20(11)3)10-21-13-7-8-14-12(9-13)5-4-6-15(14)17-2/h7-9,15,17H,4-6,10H2,1-3H3. The molecule has 1 N–H and O–H groups in total. The van der Waals surface area contributed by atoms with Gasteiger partial charge in [0.1, 0.15) is 18.2 Å². The van der Waals surface area contributed by atoms with Crippen LogP contribution in [0.15, 0.2) is 18.2 Å². The zero-order valence-corrected chi connectivity index (χ0v) is 12.9. The molecule has 2 aromatic rings. The van der Waals surface area contributed by atoms with Crippen LogP contribution in [0.2, 0.25) is 0 Å². The molecule has 0 amide bonds. The minimum atomic E-state index is 0.450. The molecular weight excluding hydrogens is 264 g/mol. The molecule has 0 aliphatic heterocycles. The number of fused-ring (bicyclic) bond motifs is 1. The van der Waals surface area contributed by atoms with E-state index in [-0.39, 0.29) is 0 Å². The van der Waals surface area contributed by atoms with Crippen LogP contribution >= 0.6 is 0 Å². The highest BCUT2D eigenvalue weighted by atomic mass is 16.5. The number of ether oxygens (including phenoxy) is 1. The van der Waals surface area contributed by atoms with Gasteiger partial charge in [0.2, 0.25) is 0 Å². The topological polar surface area (TPSA) is 52.0 Å². The second-order valence-corrected chi connectivity index (χ2v) is 5.61. The molecule has 0 bridgehead atoms. The van der Waals surface area contributed by atoms with Crippen LogP contribution in [0, 0.1) is 6.92 Å². The van der Waals surface area contributed by atoms with Gasteiger partial charge in [0.25, 0.3) is 0 Å². The van der Waals surface area contributed by atoms with Crippen LogP contribution in [0.25, 0.3) is 0 Å². The Balaban J connectivity index is 1.74. The van der Waals surface area contributed by atoms with Crippen LogP contribution in [0.1, 0.15) is 41.7 Å². The van der Waals surface area contributed by atoms with E-state index >= 15 is 0 Å². The Morgan fingerprint density at radius 2 is 2.24 bits per heavy atom. The monoisotopic (exact) mass is 286 g/mol. The van der Waals surface area contributed by atoms with E-state index in [4.69, 9.17) is 4.74 Å². The predicted octanol–water partition coefficient (Wildman–Crippen LogP) is 2.30. The average Bonchev–Trinajstić information content (AvgIpc) is 2.83. The van der Waals surface area contributed by atoms with E-state index in [0.717, 1.165) is 23.8 Å². The molecule has 5 nitrogen and oxygen atoms in total. The van der Waals surface area contributed by atoms with Gasteiger partial charge in [0.05, 0.1) is 0 Å². The van der Waals surface area contributed by atoms with Gasteiger partial charge in [0, 0.05) is 13.1 Å². The van der Waals surface area contributed by atoms with Crippen molar-refractivity contribution in [1.82, 2.24) is 20.1 Å². The second-order valence-electron chi connectivity index (χ2n) is 5.61. The lowest BCUT2D eigenvalue weighted by molar-refractivity contribution is 0.290. The van der Waals surface area contributed by atoms with Crippen LogP contribution in [-0.4, -0.2) is 21.8 Å². The maximum atomic E-state index is 5.88. The van der Waals surface area contributed by atoms with Crippen molar-refractivity contribution < 1.29 is 4.74 Å². The summed E-state index contributed by atoms with van der Waals surface area (Å²) in [4.78, 5) is 0. The summed E-state index contributed by atoms with van der Waals surface area (Å²) in [6.45, 7) is 2.39. The molecule has 21 heavy (non-hydrogen) atoms. The quantitative estimate of drug-likeness (QED) is 0.937. The van der Waals surface area contributed by atoms with Gasteiger partial charge in [-0.3, -0.25) is 0 Å². The third-order valence-corrected chi connectivity index (χ3v) is 4.33. The van der Waals surface area contributed by atoms with Crippen molar-refractivity contribution in [3.05, 3.63) is 41.0 Å². The van der Waals surface area contributed by atoms with Crippen molar-refractivity contribution in [2.24, 2.45) is 7.05 Å². The highest BCUT2D eigenvalue weighted by molar-refractivity contribution is 5.39. The maximum Gasteiger partial charge on any atom is 0.170 e. The Hall–Kier alpha value is -1.88. The third-order valence-electron chi connectivity index (χ3n) is 4.33. The molecule has 1 heterocycles. The lowest BCUT2D eigenvalue weighted by atomic mass is 9.87. The molecule has 1 aliphatic carbocycles. The number of nitrogens with zero attached hydrogens (tertiary/aromatic N) is 3. The molecule has 1 aliphatic rings. The van der Waals surface area contributed by atoms with E-state index in [2.05, 4.69) is 33.7 Å². The SMILES string of the molecule is CNC1CCCc2cc(OCc3nnc(C)n3C)ccc21. The molecule has 0 fully saturated rings. The lowest BCUT2D eigenvalue weighted by Gasteiger charge is -2.25. The van der Waals surface area contributed by atoms with Gasteiger partial charge in [0.15, 0.2) is 5.82 Å². The van der Waals surface area contributed by atoms with Crippen molar-refractivity contribution in [2.45, 2.75) is 38.8 Å². The lowest BCUT2D eigenvalue weighted by Crippen LogP contribution is -2.21. The first-order chi connectivity index (χ1) is 10.2. The summed E-state index contributed by atoms with van der Waals surface area (Å²) in [6.07, 6.45) is 3.57. The first kappa shape index (κ1) is 14.1. The molecule has 1 unspecified atom stereocenters. The van der Waals surface area contributed by atoms with E-state index in [0.29, 0.717) is 12.6 Å². The molecule has 5 heteroatoms. The Labute approximate surface area is 125 Å². The summed E-state index contributed by atoms with van der Waals surface area (Å²) in [5.74, 6) is 2.65. The summed E-state index contributed by atoms with van der Waals surface area (Å²) < 4.78 is 7.83. The van der Waals surface area contributed by atoms with Crippen molar-refractivity contribution in [3.8, 4) is 5.75 Å². The Morgan fingerprint density at radius 1 is 1.38 bits per heavy atom. The van der Waals surface area contributed by atoms with E-state index in [1.165, 1.54) is 24.0 Å². The molecule has 0 radical (unpaired) electrons. The van der Waals surface area contributed by atoms with Crippen molar-refractivity contribution in [3.63, 3.8) is 0 Å². The van der Waals surface area contributed by atoms with E-state index in [1.54, 1.807) is 0 Å². The fourth-order valence-electron chi connectivity index (χ4n) is 2.90. The summed E-state index contributed by atoms with van der Waals surface area (Å²) in [5, 5.41) is 11.6. The molecule has 1 aromatic heterocycles. The van der Waals surface area contributed by atoms with Crippen LogP contribution in [0.4, 0.5) is 0 Å². The van der Waals surface area contributed by atoms with Gasteiger partial charge in [-0.1, -0.05) is 6.07 Å². The van der Waals surface area contributed by atoms with Gasteiger partial charge in [-0.15, -0.1) is 10.2 Å². The van der Waals surface area contributed by atoms with E-state index < -0.39 is 0 Å². The molecule has 112 valence electrons. The van der Waals surface area contributed by atoms with Gasteiger partial charge in [-0.05, 0) is 56.5 Å². The van der Waals surface area contributed by atoms with Crippen LogP contribution < -0.4 is 10.1 Å². The number of aryl methyl sites for hydroxylation is 2. The molecule has 1 aromatic carbocycles. The molecular formula is C16H22N4O. The van der Waals surface area contributed by atoms with E-state index in [9.17, 15) is 0 Å². The maximum absolute atomic E-state index is 5.88. The number of nitrogens with one attached hydrogen (secondary N) is 1. The largest absolute Gasteiger partial charge is 0.486 e. The van der Waals surface area contributed by atoms with Crippen LogP contribution in [-0.2, 0) is 20.1 Å². The minimum absolute atomic E-state index is 0.450. The summed E-state index contributed by atoms with van der Waals surface area (Å²) in [7, 11) is 3.99. The zero-order chi connectivity index (χ0) is 14.8. The van der Waals surface area contributed by atoms with Crippen molar-refractivity contribution in [1.29, 1.82) is 0 Å². The smallest absolute Gasteiger partial charge is 0.170 e. The number of hydrogen-bond acceptors (Lipinski definition) is 4. The summed E-state index contributed by atoms with van der Waals surface area (Å²) in [5.41, 5.74) is 2.80. The predicted molar refractivity (Wildman–Crippen MR) is 81.3 cm³/mol. The molecule has 3 rings (SSSR count). The third kappa shape index (κ3) is 2.78. The van der Waals surface area contributed by atoms with E-state index in [1.807, 2.05) is 25.6 Å². The zero-order valence-electron chi connectivity index (χ0n) is 12.9. The Kier molecular flexibility index (Phi) is 3.92. The second kappa shape index (κ2) is 5.85. The Bertz CT molecular complexity index is 635. The number of aromatic nitrogens is 3. The highest BCUT2D eigenvalue weighted by Crippen LogP contribution is 2.32. The number of hydrogen-bond donors (Lipinski definition) is 1. The van der Waals surface area contributed by atoms with Crippen molar-refractivity contribution in [2.75, 3.05) is 7.05 Å². The van der Waals surface area contributed by atoms with Gasteiger partial charge in [-0.25, -0.2) is 0 Å². The van der Waals surface area contributed by atoms with Gasteiger partial charge < -0.3 is 14.6 Å². The minimum Gasteiger partial charge on any atom is -0.486 e. The average molecular weight is 286 g/mol. The first-order valence-corrected chi connectivity index (χ1v) is 7.47. The van der Waals surface area contributed by atoms with Gasteiger partial charge >= 0.3 is 0 Å². The Morgan fingerprint density at radius 3 is 2.95 bits per heavy atom. The normalized spacial score (nSPS) is 17.6. The fraction of sp³-hybridized carbons (Fsp3) is 0.500. The fourth-order valence-corrected chi connectivity index (χ4v) is 2.90.